The Labute approximate surface area is 184 Å². The van der Waals surface area contributed by atoms with Gasteiger partial charge in [-0.3, -0.25) is 41.4 Å². The predicted octanol–water partition coefficient (Wildman–Crippen LogP) is 3.21. The molecule has 2 amide bonds. The van der Waals surface area contributed by atoms with Crippen LogP contribution in [0.1, 0.15) is 20.7 Å². The largest absolute Gasteiger partial charge is 0.356 e. The summed E-state index contributed by atoms with van der Waals surface area (Å²) in [6.45, 7) is 0. The third-order valence-corrected chi connectivity index (χ3v) is 4.40. The lowest BCUT2D eigenvalue weighted by Gasteiger charge is -2.12. The number of nitro groups is 1. The second kappa shape index (κ2) is 9.69. The lowest BCUT2D eigenvalue weighted by molar-refractivity contribution is -0.383. The maximum atomic E-state index is 12.2. The summed E-state index contributed by atoms with van der Waals surface area (Å²) in [5, 5.41) is 12.2. The van der Waals surface area contributed by atoms with Gasteiger partial charge in [0.05, 0.1) is 15.5 Å². The molecule has 0 radical (unpaired) electrons. The van der Waals surface area contributed by atoms with Gasteiger partial charge < -0.3 is 0 Å². The number of rotatable bonds is 7. The van der Waals surface area contributed by atoms with Crippen LogP contribution in [0.2, 0.25) is 10.0 Å². The van der Waals surface area contributed by atoms with Crippen LogP contribution in [0.3, 0.4) is 0 Å². The number of hydrogen-bond donors (Lipinski definition) is 4. The molecule has 0 unspecified atom stereocenters. The van der Waals surface area contributed by atoms with Gasteiger partial charge in [0.15, 0.2) is 0 Å². The Morgan fingerprint density at radius 3 is 2.03 bits per heavy atom. The minimum atomic E-state index is -0.777. The van der Waals surface area contributed by atoms with Crippen LogP contribution in [-0.2, 0) is 0 Å². The van der Waals surface area contributed by atoms with Gasteiger partial charge >= 0.3 is 5.69 Å². The minimum absolute atomic E-state index is 0.155. The molecule has 0 saturated heterocycles. The Kier molecular flexibility index (Phi) is 6.80. The van der Waals surface area contributed by atoms with Gasteiger partial charge in [0, 0.05) is 10.6 Å². The standard InChI is InChI=1S/C18H13Cl2N7O4/c19-11-7-5-10(6-8-11)17(28)25-23-15-14(27(30)31)16(22-9-21-15)24-26-18(29)12-3-1-2-4-13(12)20/h1-9H,(H,25,28)(H,26,29)(H2,21,22,23,24). The zero-order chi connectivity index (χ0) is 22.4. The van der Waals surface area contributed by atoms with E-state index >= 15 is 0 Å². The molecule has 0 atom stereocenters. The molecule has 11 nitrogen and oxygen atoms in total. The molecule has 0 bridgehead atoms. The van der Waals surface area contributed by atoms with E-state index < -0.39 is 22.4 Å². The van der Waals surface area contributed by atoms with Crippen molar-refractivity contribution in [2.75, 3.05) is 10.9 Å². The smallest absolute Gasteiger partial charge is 0.276 e. The van der Waals surface area contributed by atoms with Gasteiger partial charge in [-0.25, -0.2) is 9.97 Å². The van der Waals surface area contributed by atoms with Gasteiger partial charge in [0.2, 0.25) is 11.6 Å². The van der Waals surface area contributed by atoms with Crippen LogP contribution in [0.4, 0.5) is 17.3 Å². The van der Waals surface area contributed by atoms with E-state index in [4.69, 9.17) is 23.2 Å². The maximum absolute atomic E-state index is 12.2. The fraction of sp³-hybridized carbons (Fsp3) is 0. The summed E-state index contributed by atoms with van der Waals surface area (Å²) in [6, 6.07) is 12.3. The van der Waals surface area contributed by atoms with Crippen LogP contribution in [0.5, 0.6) is 0 Å². The molecule has 158 valence electrons. The van der Waals surface area contributed by atoms with Crippen LogP contribution in [0.25, 0.3) is 0 Å². The molecule has 0 spiro atoms. The Morgan fingerprint density at radius 1 is 0.871 bits per heavy atom. The van der Waals surface area contributed by atoms with Crippen molar-refractivity contribution in [3.8, 4) is 0 Å². The molecule has 3 rings (SSSR count). The number of benzene rings is 2. The summed E-state index contributed by atoms with van der Waals surface area (Å²) >= 11 is 11.7. The van der Waals surface area contributed by atoms with Gasteiger partial charge in [-0.15, -0.1) is 0 Å². The van der Waals surface area contributed by atoms with Gasteiger partial charge in [0.1, 0.15) is 6.33 Å². The molecule has 0 aliphatic rings. The lowest BCUT2D eigenvalue weighted by atomic mass is 10.2. The zero-order valence-corrected chi connectivity index (χ0v) is 16.9. The summed E-state index contributed by atoms with van der Waals surface area (Å²) in [5.74, 6) is -1.84. The monoisotopic (exact) mass is 461 g/mol. The van der Waals surface area contributed by atoms with E-state index in [-0.39, 0.29) is 27.8 Å². The number of carbonyl (C=O) groups is 2. The molecule has 31 heavy (non-hydrogen) atoms. The van der Waals surface area contributed by atoms with Crippen molar-refractivity contribution in [1.82, 2.24) is 20.8 Å². The Bertz CT molecular complexity index is 1140. The second-order valence-corrected chi connectivity index (χ2v) is 6.67. The summed E-state index contributed by atoms with van der Waals surface area (Å²) in [6.07, 6.45) is 1.01. The van der Waals surface area contributed by atoms with Crippen LogP contribution >= 0.6 is 23.2 Å². The number of nitrogens with one attached hydrogen (secondary N) is 4. The number of anilines is 2. The third-order valence-electron chi connectivity index (χ3n) is 3.82. The Morgan fingerprint density at radius 2 is 1.45 bits per heavy atom. The molecule has 1 aromatic heterocycles. The van der Waals surface area contributed by atoms with Crippen molar-refractivity contribution in [2.24, 2.45) is 0 Å². The highest BCUT2D eigenvalue weighted by molar-refractivity contribution is 6.33. The summed E-state index contributed by atoms with van der Waals surface area (Å²) in [5.41, 5.74) is 9.12. The highest BCUT2D eigenvalue weighted by Crippen LogP contribution is 2.28. The van der Waals surface area contributed by atoms with E-state index in [1.807, 2.05) is 0 Å². The molecule has 13 heteroatoms. The Balaban J connectivity index is 1.74. The zero-order valence-electron chi connectivity index (χ0n) is 15.4. The quantitative estimate of drug-likeness (QED) is 0.309. The third kappa shape index (κ3) is 5.35. The fourth-order valence-electron chi connectivity index (χ4n) is 2.35. The number of hydrogen-bond acceptors (Lipinski definition) is 8. The molecule has 0 aliphatic carbocycles. The molecule has 3 aromatic rings. The molecule has 1 heterocycles. The predicted molar refractivity (Wildman–Crippen MR) is 114 cm³/mol. The van der Waals surface area contributed by atoms with E-state index in [1.54, 1.807) is 12.1 Å². The highest BCUT2D eigenvalue weighted by Gasteiger charge is 2.24. The molecule has 0 fully saturated rings. The first kappa shape index (κ1) is 21.7. The van der Waals surface area contributed by atoms with Crippen molar-refractivity contribution in [2.45, 2.75) is 0 Å². The van der Waals surface area contributed by atoms with Crippen molar-refractivity contribution < 1.29 is 14.5 Å². The van der Waals surface area contributed by atoms with Crippen LogP contribution in [-0.4, -0.2) is 26.7 Å². The number of aromatic nitrogens is 2. The average Bonchev–Trinajstić information content (AvgIpc) is 2.76. The van der Waals surface area contributed by atoms with Crippen LogP contribution in [0, 0.1) is 10.1 Å². The average molecular weight is 462 g/mol. The van der Waals surface area contributed by atoms with E-state index in [0.29, 0.717) is 5.02 Å². The molecule has 4 N–H and O–H groups in total. The van der Waals surface area contributed by atoms with E-state index in [0.717, 1.165) is 6.33 Å². The van der Waals surface area contributed by atoms with Gasteiger partial charge in [0.25, 0.3) is 11.8 Å². The number of nitrogens with zero attached hydrogens (tertiary/aromatic N) is 3. The van der Waals surface area contributed by atoms with E-state index in [2.05, 4.69) is 31.7 Å². The van der Waals surface area contributed by atoms with Gasteiger partial charge in [-0.2, -0.15) is 0 Å². The number of hydrazine groups is 2. The molecule has 2 aromatic carbocycles. The Hall–Kier alpha value is -3.96. The first-order valence-electron chi connectivity index (χ1n) is 8.49. The normalized spacial score (nSPS) is 10.1. The first-order valence-corrected chi connectivity index (χ1v) is 9.24. The van der Waals surface area contributed by atoms with Crippen molar-refractivity contribution in [3.05, 3.63) is 86.1 Å². The van der Waals surface area contributed by atoms with Crippen LogP contribution in [0.15, 0.2) is 54.9 Å². The summed E-state index contributed by atoms with van der Waals surface area (Å²) < 4.78 is 0. The number of carbonyl (C=O) groups excluding carboxylic acids is 2. The van der Waals surface area contributed by atoms with Crippen LogP contribution < -0.4 is 21.7 Å². The topological polar surface area (TPSA) is 151 Å². The SMILES string of the molecule is O=C(NNc1ncnc(NNC(=O)c2ccccc2Cl)c1[N+](=O)[O-])c1ccc(Cl)cc1. The highest BCUT2D eigenvalue weighted by atomic mass is 35.5. The van der Waals surface area contributed by atoms with Crippen molar-refractivity contribution in [1.29, 1.82) is 0 Å². The number of halogens is 2. The van der Waals surface area contributed by atoms with E-state index in [9.17, 15) is 19.7 Å². The molecular weight excluding hydrogens is 449 g/mol. The van der Waals surface area contributed by atoms with Crippen molar-refractivity contribution in [3.63, 3.8) is 0 Å². The molecular formula is C18H13Cl2N7O4. The second-order valence-electron chi connectivity index (χ2n) is 5.82. The number of amides is 2. The van der Waals surface area contributed by atoms with Gasteiger partial charge in [-0.05, 0) is 36.4 Å². The maximum Gasteiger partial charge on any atom is 0.356 e. The lowest BCUT2D eigenvalue weighted by Crippen LogP contribution is -2.32. The minimum Gasteiger partial charge on any atom is -0.276 e. The van der Waals surface area contributed by atoms with E-state index in [1.165, 1.54) is 36.4 Å². The molecule has 0 aliphatic heterocycles. The summed E-state index contributed by atoms with van der Waals surface area (Å²) in [4.78, 5) is 42.7. The molecule has 0 saturated carbocycles. The first-order chi connectivity index (χ1) is 14.9. The fourth-order valence-corrected chi connectivity index (χ4v) is 2.70. The summed E-state index contributed by atoms with van der Waals surface area (Å²) in [7, 11) is 0. The van der Waals surface area contributed by atoms with Crippen molar-refractivity contribution >= 4 is 52.3 Å². The van der Waals surface area contributed by atoms with Gasteiger partial charge in [-0.1, -0.05) is 35.3 Å².